The molecule has 1 saturated heterocycles. The van der Waals surface area contributed by atoms with Crippen molar-refractivity contribution in [2.24, 2.45) is 0 Å². The summed E-state index contributed by atoms with van der Waals surface area (Å²) in [4.78, 5) is 16.3. The van der Waals surface area contributed by atoms with Crippen molar-refractivity contribution in [2.45, 2.75) is 50.5 Å². The van der Waals surface area contributed by atoms with Gasteiger partial charge < -0.3 is 5.32 Å². The van der Waals surface area contributed by atoms with Crippen LogP contribution in [0.5, 0.6) is 0 Å². The Balaban J connectivity index is 1.71. The second kappa shape index (κ2) is 7.20. The second-order valence-corrected chi connectivity index (χ2v) is 9.68. The first-order valence-electron chi connectivity index (χ1n) is 11.1. The number of benzene rings is 2. The minimum Gasteiger partial charge on any atom is -0.317 e. The molecule has 5 nitrogen and oxygen atoms in total. The highest BCUT2D eigenvalue weighted by atomic mass is 79.9. The zero-order valence-electron chi connectivity index (χ0n) is 17.0. The number of piperidine rings is 1. The summed E-state index contributed by atoms with van der Waals surface area (Å²) in [7, 11) is 0. The van der Waals surface area contributed by atoms with E-state index in [4.69, 9.17) is 0 Å². The third kappa shape index (κ3) is 2.77. The van der Waals surface area contributed by atoms with Crippen molar-refractivity contribution in [1.29, 1.82) is 0 Å². The molecule has 2 aromatic carbocycles. The molecule has 3 heterocycles. The van der Waals surface area contributed by atoms with Gasteiger partial charge in [-0.2, -0.15) is 4.40 Å². The van der Waals surface area contributed by atoms with Crippen LogP contribution in [0.2, 0.25) is 0 Å². The smallest absolute Gasteiger partial charge is 0.317 e. The standard InChI is InChI=1S/C24H25BrN4O/c25-18-6-3-7-20-22(18)23(30)27-24-28(17-4-1-2-5-17)21-14-16(8-9-19(21)29(20)24)15-10-12-26-13-11-15/h3,6-9,14-15,17,26H,1-2,4-5,10-13H2/p+1. The van der Waals surface area contributed by atoms with Gasteiger partial charge in [-0.05, 0) is 103 Å². The van der Waals surface area contributed by atoms with E-state index in [-0.39, 0.29) is 5.56 Å². The minimum atomic E-state index is -0.0295. The fourth-order valence-corrected chi connectivity index (χ4v) is 6.18. The van der Waals surface area contributed by atoms with Crippen molar-refractivity contribution in [3.05, 3.63) is 56.8 Å². The molecule has 0 atom stereocenters. The summed E-state index contributed by atoms with van der Waals surface area (Å²) < 4.78 is 5.51. The lowest BCUT2D eigenvalue weighted by Gasteiger charge is -2.23. The Hall–Kier alpha value is -2.18. The second-order valence-electron chi connectivity index (χ2n) is 8.83. The van der Waals surface area contributed by atoms with Crippen molar-refractivity contribution >= 4 is 43.6 Å². The van der Waals surface area contributed by atoms with Crippen LogP contribution in [0.15, 0.2) is 45.7 Å². The molecular formula is C24H26BrN4O+. The zero-order valence-corrected chi connectivity index (χ0v) is 18.5. The number of fused-ring (bicyclic) bond motifs is 5. The molecular weight excluding hydrogens is 440 g/mol. The summed E-state index contributed by atoms with van der Waals surface area (Å²) in [6, 6.07) is 13.4. The Morgan fingerprint density at radius 2 is 1.80 bits per heavy atom. The minimum absolute atomic E-state index is 0.0295. The maximum Gasteiger partial charge on any atom is 0.371 e. The summed E-state index contributed by atoms with van der Waals surface area (Å²) in [5.41, 5.74) is 4.78. The van der Waals surface area contributed by atoms with Crippen molar-refractivity contribution < 1.29 is 4.40 Å². The van der Waals surface area contributed by atoms with E-state index in [0.717, 1.165) is 28.9 Å². The molecule has 30 heavy (non-hydrogen) atoms. The molecule has 6 rings (SSSR count). The molecule has 2 fully saturated rings. The van der Waals surface area contributed by atoms with Crippen molar-refractivity contribution in [2.75, 3.05) is 13.1 Å². The number of hydrogen-bond donors (Lipinski definition) is 2. The topological polar surface area (TPSA) is 53.9 Å². The van der Waals surface area contributed by atoms with Crippen LogP contribution >= 0.6 is 15.9 Å². The van der Waals surface area contributed by atoms with Gasteiger partial charge in [-0.1, -0.05) is 12.1 Å². The van der Waals surface area contributed by atoms with Crippen LogP contribution in [-0.2, 0) is 0 Å². The Labute approximate surface area is 183 Å². The molecule has 1 aliphatic carbocycles. The van der Waals surface area contributed by atoms with Gasteiger partial charge in [0.25, 0.3) is 0 Å². The molecule has 0 radical (unpaired) electrons. The summed E-state index contributed by atoms with van der Waals surface area (Å²) in [6.45, 7) is 2.18. The quantitative estimate of drug-likeness (QED) is 0.426. The molecule has 2 N–H and O–H groups in total. The number of aromatic nitrogens is 3. The number of aromatic amines is 1. The molecule has 1 aliphatic heterocycles. The van der Waals surface area contributed by atoms with E-state index in [1.54, 1.807) is 0 Å². The number of imidazole rings is 1. The van der Waals surface area contributed by atoms with Gasteiger partial charge in [0.1, 0.15) is 21.9 Å². The summed E-state index contributed by atoms with van der Waals surface area (Å²) >= 11 is 3.59. The van der Waals surface area contributed by atoms with Gasteiger partial charge in [0.2, 0.25) is 0 Å². The van der Waals surface area contributed by atoms with Crippen LogP contribution in [0.1, 0.15) is 56.0 Å². The molecule has 2 aliphatic rings. The predicted octanol–water partition coefficient (Wildman–Crippen LogP) is 4.57. The van der Waals surface area contributed by atoms with E-state index in [0.29, 0.717) is 17.3 Å². The van der Waals surface area contributed by atoms with Gasteiger partial charge in [-0.25, -0.2) is 9.55 Å². The van der Waals surface area contributed by atoms with Gasteiger partial charge in [0, 0.05) is 4.47 Å². The first-order valence-corrected chi connectivity index (χ1v) is 11.9. The first-order chi connectivity index (χ1) is 14.7. The van der Waals surface area contributed by atoms with Crippen molar-refractivity contribution in [3.8, 4) is 0 Å². The molecule has 2 aromatic heterocycles. The maximum absolute atomic E-state index is 13.1. The number of hydrogen-bond acceptors (Lipinski definition) is 2. The Bertz CT molecular complexity index is 1330. The monoisotopic (exact) mass is 465 g/mol. The van der Waals surface area contributed by atoms with E-state index in [9.17, 15) is 4.79 Å². The van der Waals surface area contributed by atoms with Crippen molar-refractivity contribution in [3.63, 3.8) is 0 Å². The number of nitrogens with one attached hydrogen (secondary N) is 2. The summed E-state index contributed by atoms with van der Waals surface area (Å²) in [5, 5.41) is 4.19. The zero-order chi connectivity index (χ0) is 20.2. The van der Waals surface area contributed by atoms with E-state index < -0.39 is 0 Å². The normalized spacial score (nSPS) is 18.8. The average Bonchev–Trinajstić information content (AvgIpc) is 3.39. The maximum atomic E-state index is 13.1. The van der Waals surface area contributed by atoms with Crippen LogP contribution in [0, 0.1) is 0 Å². The number of halogens is 1. The van der Waals surface area contributed by atoms with E-state index in [1.807, 2.05) is 12.1 Å². The fourth-order valence-electron chi connectivity index (χ4n) is 5.65. The van der Waals surface area contributed by atoms with Crippen LogP contribution in [0.4, 0.5) is 0 Å². The third-order valence-corrected chi connectivity index (χ3v) is 7.79. The highest BCUT2D eigenvalue weighted by Gasteiger charge is 2.30. The summed E-state index contributed by atoms with van der Waals surface area (Å²) in [5.74, 6) is 1.52. The highest BCUT2D eigenvalue weighted by molar-refractivity contribution is 9.10. The van der Waals surface area contributed by atoms with Gasteiger partial charge >= 0.3 is 11.3 Å². The Kier molecular flexibility index (Phi) is 4.46. The molecule has 4 aromatic rings. The first kappa shape index (κ1) is 18.6. The van der Waals surface area contributed by atoms with Gasteiger partial charge in [-0.15, -0.1) is 0 Å². The van der Waals surface area contributed by atoms with Gasteiger partial charge in [0.15, 0.2) is 0 Å². The van der Waals surface area contributed by atoms with Crippen LogP contribution in [-0.4, -0.2) is 22.6 Å². The summed E-state index contributed by atoms with van der Waals surface area (Å²) in [6.07, 6.45) is 7.25. The van der Waals surface area contributed by atoms with E-state index >= 15 is 0 Å². The van der Waals surface area contributed by atoms with Gasteiger partial charge in [0.05, 0.1) is 6.04 Å². The lowest BCUT2D eigenvalue weighted by molar-refractivity contribution is -0.454. The largest absolute Gasteiger partial charge is 0.371 e. The molecule has 0 spiro atoms. The highest BCUT2D eigenvalue weighted by Crippen LogP contribution is 2.35. The van der Waals surface area contributed by atoms with Crippen molar-refractivity contribution in [1.82, 2.24) is 14.9 Å². The van der Waals surface area contributed by atoms with Crippen LogP contribution in [0.25, 0.3) is 27.7 Å². The lowest BCUT2D eigenvalue weighted by atomic mass is 9.90. The number of rotatable bonds is 2. The Morgan fingerprint density at radius 3 is 2.60 bits per heavy atom. The molecule has 0 amide bonds. The molecule has 1 saturated carbocycles. The Morgan fingerprint density at radius 1 is 1.00 bits per heavy atom. The lowest BCUT2D eigenvalue weighted by Crippen LogP contribution is -2.29. The van der Waals surface area contributed by atoms with Gasteiger partial charge in [-0.3, -0.25) is 4.79 Å². The predicted molar refractivity (Wildman–Crippen MR) is 123 cm³/mol. The third-order valence-electron chi connectivity index (χ3n) is 7.13. The SMILES string of the molecule is O=c1[nH]c2n(C3CCCC3)c3cc(C4CCNCC4)ccc3[n+]2c2cccc(Br)c12. The number of nitrogens with zero attached hydrogens (tertiary/aromatic N) is 2. The van der Waals surface area contributed by atoms with E-state index in [2.05, 4.69) is 59.5 Å². The average molecular weight is 466 g/mol. The van der Waals surface area contributed by atoms with E-state index in [1.165, 1.54) is 55.1 Å². The van der Waals surface area contributed by atoms with Crippen LogP contribution < -0.4 is 15.3 Å². The fraction of sp³-hybridized carbons (Fsp3) is 0.417. The molecule has 6 heteroatoms. The van der Waals surface area contributed by atoms with Crippen LogP contribution in [0.3, 0.4) is 0 Å². The molecule has 0 bridgehead atoms. The number of H-pyrrole nitrogens is 1. The molecule has 0 unspecified atom stereocenters. The molecule has 154 valence electrons.